The summed E-state index contributed by atoms with van der Waals surface area (Å²) in [7, 11) is 1.53. The molecule has 3 amide bonds. The van der Waals surface area contributed by atoms with Crippen LogP contribution in [0.2, 0.25) is 5.02 Å². The summed E-state index contributed by atoms with van der Waals surface area (Å²) in [4.78, 5) is 41.8. The number of thioether (sulfide) groups is 1. The van der Waals surface area contributed by atoms with Crippen molar-refractivity contribution in [3.8, 4) is 5.75 Å². The third-order valence-corrected chi connectivity index (χ3v) is 7.13. The molecule has 0 radical (unpaired) electrons. The monoisotopic (exact) mass is 487 g/mol. The number of rotatable bonds is 5. The van der Waals surface area contributed by atoms with Crippen molar-refractivity contribution in [3.63, 3.8) is 0 Å². The second-order valence-electron chi connectivity index (χ2n) is 8.15. The molecule has 4 rings (SSSR count). The van der Waals surface area contributed by atoms with Crippen LogP contribution in [0, 0.1) is 12.8 Å². The quantitative estimate of drug-likeness (QED) is 0.693. The van der Waals surface area contributed by atoms with E-state index in [9.17, 15) is 14.4 Å². The van der Waals surface area contributed by atoms with E-state index in [0.717, 1.165) is 30.2 Å². The van der Waals surface area contributed by atoms with Gasteiger partial charge in [0.15, 0.2) is 0 Å². The summed E-state index contributed by atoms with van der Waals surface area (Å²) in [6, 6.07) is 10.4. The van der Waals surface area contributed by atoms with Crippen LogP contribution >= 0.6 is 23.4 Å². The van der Waals surface area contributed by atoms with Gasteiger partial charge in [-0.15, -0.1) is 0 Å². The number of ether oxygens (including phenoxy) is 1. The summed E-state index contributed by atoms with van der Waals surface area (Å²) in [6.45, 7) is 3.61. The fraction of sp³-hybridized carbons (Fsp3) is 0.375. The van der Waals surface area contributed by atoms with Gasteiger partial charge in [0.25, 0.3) is 5.91 Å². The number of nitrogens with zero attached hydrogens (tertiary/aromatic N) is 2. The lowest BCUT2D eigenvalue weighted by molar-refractivity contribution is -0.122. The van der Waals surface area contributed by atoms with Gasteiger partial charge in [-0.25, -0.2) is 0 Å². The summed E-state index contributed by atoms with van der Waals surface area (Å²) in [5, 5.41) is 3.41. The zero-order valence-electron chi connectivity index (χ0n) is 18.6. The highest BCUT2D eigenvalue weighted by molar-refractivity contribution is 7.99. The second kappa shape index (κ2) is 10.1. The molecule has 174 valence electrons. The average Bonchev–Trinajstić information content (AvgIpc) is 3.22. The minimum absolute atomic E-state index is 0.0174. The molecule has 0 aromatic heterocycles. The molecule has 7 nitrogen and oxygen atoms in total. The van der Waals surface area contributed by atoms with Crippen molar-refractivity contribution in [2.24, 2.45) is 5.92 Å². The number of amides is 3. The molecule has 2 aliphatic rings. The number of carbonyl (C=O) groups excluding carboxylic acids is 3. The van der Waals surface area contributed by atoms with Gasteiger partial charge in [0, 0.05) is 53.8 Å². The van der Waals surface area contributed by atoms with E-state index in [1.807, 2.05) is 29.7 Å². The van der Waals surface area contributed by atoms with E-state index >= 15 is 0 Å². The second-order valence-corrected chi connectivity index (χ2v) is 9.81. The Hall–Kier alpha value is -2.71. The highest BCUT2D eigenvalue weighted by Crippen LogP contribution is 2.35. The maximum absolute atomic E-state index is 13.0. The van der Waals surface area contributed by atoms with Crippen LogP contribution in [0.25, 0.3) is 0 Å². The molecule has 0 spiro atoms. The van der Waals surface area contributed by atoms with Gasteiger partial charge in [-0.2, -0.15) is 11.8 Å². The van der Waals surface area contributed by atoms with Crippen molar-refractivity contribution in [2.45, 2.75) is 13.3 Å². The van der Waals surface area contributed by atoms with Gasteiger partial charge in [0.1, 0.15) is 5.75 Å². The molecular weight excluding hydrogens is 462 g/mol. The summed E-state index contributed by atoms with van der Waals surface area (Å²) < 4.78 is 5.36. The minimum atomic E-state index is -0.507. The number of nitrogens with one attached hydrogen (secondary N) is 1. The Morgan fingerprint density at radius 3 is 2.61 bits per heavy atom. The lowest BCUT2D eigenvalue weighted by atomic mass is 10.1. The molecule has 9 heteroatoms. The molecule has 2 heterocycles. The highest BCUT2D eigenvalue weighted by Gasteiger charge is 2.36. The molecule has 1 unspecified atom stereocenters. The van der Waals surface area contributed by atoms with Gasteiger partial charge in [-0.3, -0.25) is 14.4 Å². The fourth-order valence-corrected chi connectivity index (χ4v) is 5.18. The first-order chi connectivity index (χ1) is 15.9. The van der Waals surface area contributed by atoms with Crippen LogP contribution in [-0.2, 0) is 9.59 Å². The Bertz CT molecular complexity index is 1090. The lowest BCUT2D eigenvalue weighted by Crippen LogP contribution is -2.37. The van der Waals surface area contributed by atoms with E-state index in [2.05, 4.69) is 5.32 Å². The zero-order valence-corrected chi connectivity index (χ0v) is 20.2. The zero-order chi connectivity index (χ0) is 23.5. The standard InChI is InChI=1S/C24H26ClN3O4S/c1-15-11-16(24(31)27-7-9-33-10-8-27)3-5-19(15)26-23(30)17-12-22(29)28(14-17)20-13-18(25)4-6-21(20)32-2/h3-6,11,13,17H,7-10,12,14H2,1-2H3,(H,26,30). The molecule has 0 aliphatic carbocycles. The summed E-state index contributed by atoms with van der Waals surface area (Å²) >= 11 is 7.96. The van der Waals surface area contributed by atoms with Crippen molar-refractivity contribution in [1.29, 1.82) is 0 Å². The first-order valence-corrected chi connectivity index (χ1v) is 12.3. The third-order valence-electron chi connectivity index (χ3n) is 5.96. The molecule has 2 aromatic rings. The number of hydrogen-bond donors (Lipinski definition) is 1. The molecule has 2 aliphatic heterocycles. The molecular formula is C24H26ClN3O4S. The van der Waals surface area contributed by atoms with Gasteiger partial charge in [0.2, 0.25) is 11.8 Å². The highest BCUT2D eigenvalue weighted by atomic mass is 35.5. The van der Waals surface area contributed by atoms with Crippen LogP contribution in [0.3, 0.4) is 0 Å². The van der Waals surface area contributed by atoms with E-state index in [1.54, 1.807) is 35.2 Å². The van der Waals surface area contributed by atoms with Gasteiger partial charge in [0.05, 0.1) is 18.7 Å². The van der Waals surface area contributed by atoms with E-state index in [0.29, 0.717) is 27.7 Å². The average molecular weight is 488 g/mol. The van der Waals surface area contributed by atoms with Gasteiger partial charge >= 0.3 is 0 Å². The number of methoxy groups -OCH3 is 1. The number of halogens is 1. The first kappa shape index (κ1) is 23.4. The predicted molar refractivity (Wildman–Crippen MR) is 132 cm³/mol. The Labute approximate surface area is 202 Å². The van der Waals surface area contributed by atoms with E-state index in [1.165, 1.54) is 7.11 Å². The Morgan fingerprint density at radius 2 is 1.91 bits per heavy atom. The molecule has 2 saturated heterocycles. The lowest BCUT2D eigenvalue weighted by Gasteiger charge is -2.26. The molecule has 0 saturated carbocycles. The topological polar surface area (TPSA) is 79.0 Å². The predicted octanol–water partition coefficient (Wildman–Crippen LogP) is 3.84. The van der Waals surface area contributed by atoms with Crippen LogP contribution in [0.1, 0.15) is 22.3 Å². The fourth-order valence-electron chi connectivity index (χ4n) is 4.11. The van der Waals surface area contributed by atoms with Crippen molar-refractivity contribution in [2.75, 3.05) is 48.5 Å². The molecule has 0 bridgehead atoms. The van der Waals surface area contributed by atoms with Crippen LogP contribution in [0.15, 0.2) is 36.4 Å². The van der Waals surface area contributed by atoms with Crippen molar-refractivity contribution >= 4 is 52.5 Å². The number of anilines is 2. The summed E-state index contributed by atoms with van der Waals surface area (Å²) in [6.07, 6.45) is 0.101. The van der Waals surface area contributed by atoms with Crippen molar-refractivity contribution in [3.05, 3.63) is 52.5 Å². The molecule has 33 heavy (non-hydrogen) atoms. The minimum Gasteiger partial charge on any atom is -0.495 e. The normalized spacial score (nSPS) is 18.4. The summed E-state index contributed by atoms with van der Waals surface area (Å²) in [5.74, 6) is 1.55. The van der Waals surface area contributed by atoms with Crippen LogP contribution in [0.5, 0.6) is 5.75 Å². The molecule has 2 fully saturated rings. The number of aryl methyl sites for hydroxylation is 1. The smallest absolute Gasteiger partial charge is 0.253 e. The molecule has 1 atom stereocenters. The van der Waals surface area contributed by atoms with E-state index in [4.69, 9.17) is 16.3 Å². The maximum atomic E-state index is 13.0. The first-order valence-electron chi connectivity index (χ1n) is 10.8. The van der Waals surface area contributed by atoms with E-state index in [-0.39, 0.29) is 30.7 Å². The van der Waals surface area contributed by atoms with Gasteiger partial charge < -0.3 is 19.9 Å². The Morgan fingerprint density at radius 1 is 1.15 bits per heavy atom. The van der Waals surface area contributed by atoms with Gasteiger partial charge in [-0.1, -0.05) is 11.6 Å². The van der Waals surface area contributed by atoms with E-state index < -0.39 is 5.92 Å². The number of hydrogen-bond acceptors (Lipinski definition) is 5. The Kier molecular flexibility index (Phi) is 7.14. The summed E-state index contributed by atoms with van der Waals surface area (Å²) in [5.41, 5.74) is 2.61. The van der Waals surface area contributed by atoms with Crippen LogP contribution in [-0.4, -0.2) is 60.9 Å². The van der Waals surface area contributed by atoms with Crippen molar-refractivity contribution in [1.82, 2.24) is 4.90 Å². The Balaban J connectivity index is 1.44. The molecule has 1 N–H and O–H groups in total. The SMILES string of the molecule is COc1ccc(Cl)cc1N1CC(C(=O)Nc2ccc(C(=O)N3CCSCC3)cc2C)CC1=O. The third kappa shape index (κ3) is 5.12. The largest absolute Gasteiger partial charge is 0.495 e. The maximum Gasteiger partial charge on any atom is 0.253 e. The van der Waals surface area contributed by atoms with Crippen LogP contribution < -0.4 is 15.0 Å². The van der Waals surface area contributed by atoms with Crippen molar-refractivity contribution < 1.29 is 19.1 Å². The van der Waals surface area contributed by atoms with Crippen LogP contribution in [0.4, 0.5) is 11.4 Å². The molecule has 2 aromatic carbocycles. The van der Waals surface area contributed by atoms with Gasteiger partial charge in [-0.05, 0) is 48.9 Å². The number of benzene rings is 2. The number of carbonyl (C=O) groups is 3.